The highest BCUT2D eigenvalue weighted by Gasteiger charge is 2.57. The smallest absolute Gasteiger partial charge is 0.120 e. The van der Waals surface area contributed by atoms with E-state index in [4.69, 9.17) is 4.74 Å². The van der Waals surface area contributed by atoms with Crippen LogP contribution in [0.3, 0.4) is 0 Å². The summed E-state index contributed by atoms with van der Waals surface area (Å²) in [4.78, 5) is 0. The molecule has 2 unspecified atom stereocenters. The van der Waals surface area contributed by atoms with Gasteiger partial charge >= 0.3 is 0 Å². The molecule has 1 aromatic carbocycles. The largest absolute Gasteiger partial charge is 0.490 e. The Bertz CT molecular complexity index is 426. The number of aliphatic hydroxyl groups is 1. The maximum atomic E-state index is 10.1. The molecule has 0 aromatic heterocycles. The number of hydrogen-bond donors (Lipinski definition) is 1. The second kappa shape index (κ2) is 4.27. The lowest BCUT2D eigenvalue weighted by Gasteiger charge is -2.51. The van der Waals surface area contributed by atoms with Crippen molar-refractivity contribution in [3.63, 3.8) is 0 Å². The number of aliphatic hydroxyl groups excluding tert-OH is 1. The maximum Gasteiger partial charge on any atom is 0.120 e. The van der Waals surface area contributed by atoms with Crippen LogP contribution in [-0.4, -0.2) is 17.3 Å². The number of aryl methyl sites for hydroxylation is 2. The fourth-order valence-electron chi connectivity index (χ4n) is 3.75. The SMILES string of the molecule is Cc1cc(C)cc(OC2CC(O)C23CCCC3)c1. The van der Waals surface area contributed by atoms with Crippen LogP contribution in [0.5, 0.6) is 5.75 Å². The molecule has 1 aromatic rings. The summed E-state index contributed by atoms with van der Waals surface area (Å²) in [5.74, 6) is 0.968. The summed E-state index contributed by atoms with van der Waals surface area (Å²) >= 11 is 0. The van der Waals surface area contributed by atoms with Crippen LogP contribution in [0.4, 0.5) is 0 Å². The predicted octanol–water partition coefficient (Wildman–Crippen LogP) is 3.38. The van der Waals surface area contributed by atoms with E-state index < -0.39 is 0 Å². The lowest BCUT2D eigenvalue weighted by atomic mass is 9.62. The van der Waals surface area contributed by atoms with Crippen LogP contribution in [0.15, 0.2) is 18.2 Å². The average Bonchev–Trinajstić information content (AvgIpc) is 2.79. The molecule has 0 radical (unpaired) electrons. The Hall–Kier alpha value is -1.02. The topological polar surface area (TPSA) is 29.5 Å². The summed E-state index contributed by atoms with van der Waals surface area (Å²) in [6, 6.07) is 6.36. The third-order valence-corrected chi connectivity index (χ3v) is 4.75. The third kappa shape index (κ3) is 1.83. The van der Waals surface area contributed by atoms with E-state index in [1.54, 1.807) is 0 Å². The van der Waals surface area contributed by atoms with E-state index >= 15 is 0 Å². The molecular formula is C16H22O2. The van der Waals surface area contributed by atoms with Gasteiger partial charge in [0.25, 0.3) is 0 Å². The summed E-state index contributed by atoms with van der Waals surface area (Å²) < 4.78 is 6.16. The fourth-order valence-corrected chi connectivity index (χ4v) is 3.75. The third-order valence-electron chi connectivity index (χ3n) is 4.75. The molecule has 3 rings (SSSR count). The molecular weight excluding hydrogens is 224 g/mol. The average molecular weight is 246 g/mol. The van der Waals surface area contributed by atoms with E-state index in [9.17, 15) is 5.11 Å². The predicted molar refractivity (Wildman–Crippen MR) is 71.9 cm³/mol. The minimum Gasteiger partial charge on any atom is -0.490 e. The molecule has 1 N–H and O–H groups in total. The van der Waals surface area contributed by atoms with Crippen molar-refractivity contribution in [2.45, 2.75) is 58.2 Å². The quantitative estimate of drug-likeness (QED) is 0.867. The summed E-state index contributed by atoms with van der Waals surface area (Å²) in [5.41, 5.74) is 2.55. The Labute approximate surface area is 109 Å². The van der Waals surface area contributed by atoms with Crippen molar-refractivity contribution in [1.82, 2.24) is 0 Å². The monoisotopic (exact) mass is 246 g/mol. The van der Waals surface area contributed by atoms with E-state index in [2.05, 4.69) is 32.0 Å². The molecule has 2 aliphatic rings. The van der Waals surface area contributed by atoms with Crippen LogP contribution in [0.25, 0.3) is 0 Å². The van der Waals surface area contributed by atoms with Crippen molar-refractivity contribution in [2.75, 3.05) is 0 Å². The summed E-state index contributed by atoms with van der Waals surface area (Å²) in [6.07, 6.45) is 5.61. The molecule has 2 atom stereocenters. The van der Waals surface area contributed by atoms with Gasteiger partial charge in [-0.3, -0.25) is 0 Å². The zero-order valence-electron chi connectivity index (χ0n) is 11.3. The van der Waals surface area contributed by atoms with Gasteiger partial charge in [0.1, 0.15) is 11.9 Å². The van der Waals surface area contributed by atoms with Crippen molar-refractivity contribution in [3.05, 3.63) is 29.3 Å². The Balaban J connectivity index is 1.77. The van der Waals surface area contributed by atoms with E-state index in [0.29, 0.717) is 0 Å². The molecule has 2 nitrogen and oxygen atoms in total. The second-order valence-corrected chi connectivity index (χ2v) is 6.12. The van der Waals surface area contributed by atoms with Crippen LogP contribution < -0.4 is 4.74 Å². The van der Waals surface area contributed by atoms with Gasteiger partial charge in [-0.2, -0.15) is 0 Å². The molecule has 2 heteroatoms. The van der Waals surface area contributed by atoms with Crippen molar-refractivity contribution in [1.29, 1.82) is 0 Å². The Morgan fingerprint density at radius 2 is 1.72 bits per heavy atom. The summed E-state index contributed by atoms with van der Waals surface area (Å²) in [6.45, 7) is 4.20. The van der Waals surface area contributed by atoms with Gasteiger partial charge in [0, 0.05) is 11.8 Å². The molecule has 2 saturated carbocycles. The summed E-state index contributed by atoms with van der Waals surface area (Å²) in [7, 11) is 0. The molecule has 2 aliphatic carbocycles. The first kappa shape index (κ1) is 12.0. The highest BCUT2D eigenvalue weighted by molar-refractivity contribution is 5.33. The minimum atomic E-state index is -0.143. The first-order valence-corrected chi connectivity index (χ1v) is 7.03. The zero-order chi connectivity index (χ0) is 12.8. The molecule has 0 amide bonds. The molecule has 18 heavy (non-hydrogen) atoms. The fraction of sp³-hybridized carbons (Fsp3) is 0.625. The molecule has 98 valence electrons. The zero-order valence-corrected chi connectivity index (χ0v) is 11.3. The van der Waals surface area contributed by atoms with Gasteiger partial charge in [-0.1, -0.05) is 18.9 Å². The number of benzene rings is 1. The van der Waals surface area contributed by atoms with Crippen molar-refractivity contribution in [3.8, 4) is 5.75 Å². The molecule has 0 saturated heterocycles. The molecule has 2 fully saturated rings. The van der Waals surface area contributed by atoms with Crippen molar-refractivity contribution in [2.24, 2.45) is 5.41 Å². The van der Waals surface area contributed by atoms with E-state index in [0.717, 1.165) is 25.0 Å². The lowest BCUT2D eigenvalue weighted by Crippen LogP contribution is -2.58. The van der Waals surface area contributed by atoms with Gasteiger partial charge < -0.3 is 9.84 Å². The molecule has 1 spiro atoms. The molecule has 0 aliphatic heterocycles. The van der Waals surface area contributed by atoms with Crippen LogP contribution in [0, 0.1) is 19.3 Å². The Morgan fingerprint density at radius 1 is 1.11 bits per heavy atom. The van der Waals surface area contributed by atoms with Gasteiger partial charge in [-0.15, -0.1) is 0 Å². The molecule has 0 bridgehead atoms. The van der Waals surface area contributed by atoms with Gasteiger partial charge in [-0.05, 0) is 49.9 Å². The van der Waals surface area contributed by atoms with Crippen LogP contribution >= 0.6 is 0 Å². The van der Waals surface area contributed by atoms with Crippen molar-refractivity contribution >= 4 is 0 Å². The highest BCUT2D eigenvalue weighted by atomic mass is 16.5. The number of ether oxygens (including phenoxy) is 1. The van der Waals surface area contributed by atoms with E-state index in [1.165, 1.54) is 24.0 Å². The van der Waals surface area contributed by atoms with E-state index in [-0.39, 0.29) is 17.6 Å². The number of rotatable bonds is 2. The Morgan fingerprint density at radius 3 is 2.28 bits per heavy atom. The van der Waals surface area contributed by atoms with Crippen LogP contribution in [0.1, 0.15) is 43.2 Å². The van der Waals surface area contributed by atoms with Gasteiger partial charge in [0.2, 0.25) is 0 Å². The normalized spacial score (nSPS) is 29.3. The van der Waals surface area contributed by atoms with Crippen LogP contribution in [-0.2, 0) is 0 Å². The Kier molecular flexibility index (Phi) is 2.86. The number of hydrogen-bond acceptors (Lipinski definition) is 2. The maximum absolute atomic E-state index is 10.1. The van der Waals surface area contributed by atoms with Crippen molar-refractivity contribution < 1.29 is 9.84 Å². The van der Waals surface area contributed by atoms with Gasteiger partial charge in [0.05, 0.1) is 6.10 Å². The lowest BCUT2D eigenvalue weighted by molar-refractivity contribution is -0.152. The van der Waals surface area contributed by atoms with Gasteiger partial charge in [-0.25, -0.2) is 0 Å². The first-order valence-electron chi connectivity index (χ1n) is 7.03. The minimum absolute atomic E-state index is 0.0671. The van der Waals surface area contributed by atoms with Crippen LogP contribution in [0.2, 0.25) is 0 Å². The summed E-state index contributed by atoms with van der Waals surface area (Å²) in [5, 5.41) is 10.1. The van der Waals surface area contributed by atoms with E-state index in [1.807, 2.05) is 0 Å². The molecule has 0 heterocycles. The second-order valence-electron chi connectivity index (χ2n) is 6.12. The highest BCUT2D eigenvalue weighted by Crippen LogP contribution is 2.54. The first-order chi connectivity index (χ1) is 8.60. The van der Waals surface area contributed by atoms with Gasteiger partial charge in [0.15, 0.2) is 0 Å². The standard InChI is InChI=1S/C16H22O2/c1-11-7-12(2)9-13(8-11)18-15-10-14(17)16(15)5-3-4-6-16/h7-9,14-15,17H,3-6,10H2,1-2H3.